The lowest BCUT2D eigenvalue weighted by atomic mass is 10.1. The molecule has 2 amide bonds. The molecule has 0 aromatic heterocycles. The van der Waals surface area contributed by atoms with Gasteiger partial charge in [-0.2, -0.15) is 0 Å². The molecular formula is C27H38N2O3. The van der Waals surface area contributed by atoms with Crippen molar-refractivity contribution in [3.63, 3.8) is 0 Å². The molecule has 0 bridgehead atoms. The van der Waals surface area contributed by atoms with Crippen molar-refractivity contribution in [1.29, 1.82) is 0 Å². The molecular weight excluding hydrogens is 400 g/mol. The number of aryl methyl sites for hydroxylation is 3. The lowest BCUT2D eigenvalue weighted by Crippen LogP contribution is -2.51. The zero-order valence-electron chi connectivity index (χ0n) is 20.6. The highest BCUT2D eigenvalue weighted by Crippen LogP contribution is 2.23. The third kappa shape index (κ3) is 6.84. The summed E-state index contributed by atoms with van der Waals surface area (Å²) < 4.78 is 5.96. The Bertz CT molecular complexity index is 938. The van der Waals surface area contributed by atoms with Crippen LogP contribution in [-0.2, 0) is 16.1 Å². The summed E-state index contributed by atoms with van der Waals surface area (Å²) in [6, 6.07) is 11.6. The van der Waals surface area contributed by atoms with Gasteiger partial charge in [0.05, 0.1) is 0 Å². The molecule has 2 unspecified atom stereocenters. The molecule has 174 valence electrons. The number of rotatable bonds is 10. The number of hydrogen-bond acceptors (Lipinski definition) is 3. The van der Waals surface area contributed by atoms with Crippen LogP contribution in [0.15, 0.2) is 36.4 Å². The number of ether oxygens (including phenoxy) is 1. The monoisotopic (exact) mass is 438 g/mol. The van der Waals surface area contributed by atoms with E-state index in [-0.39, 0.29) is 24.5 Å². The van der Waals surface area contributed by atoms with Crippen molar-refractivity contribution in [3.05, 3.63) is 64.2 Å². The van der Waals surface area contributed by atoms with Crippen LogP contribution in [0.4, 0.5) is 0 Å². The van der Waals surface area contributed by atoms with Gasteiger partial charge in [-0.15, -0.1) is 0 Å². The molecule has 5 nitrogen and oxygen atoms in total. The van der Waals surface area contributed by atoms with Crippen molar-refractivity contribution in [3.8, 4) is 5.75 Å². The lowest BCUT2D eigenvalue weighted by Gasteiger charge is -2.31. The van der Waals surface area contributed by atoms with Gasteiger partial charge in [0.15, 0.2) is 6.61 Å². The summed E-state index contributed by atoms with van der Waals surface area (Å²) in [5, 5.41) is 3.04. The molecule has 0 radical (unpaired) electrons. The van der Waals surface area contributed by atoms with Crippen molar-refractivity contribution in [2.75, 3.05) is 6.61 Å². The van der Waals surface area contributed by atoms with Gasteiger partial charge in [-0.25, -0.2) is 0 Å². The van der Waals surface area contributed by atoms with Gasteiger partial charge in [-0.3, -0.25) is 9.59 Å². The number of nitrogens with zero attached hydrogens (tertiary/aromatic N) is 1. The van der Waals surface area contributed by atoms with E-state index in [4.69, 9.17) is 4.74 Å². The smallest absolute Gasteiger partial charge is 0.261 e. The Labute approximate surface area is 193 Å². The summed E-state index contributed by atoms with van der Waals surface area (Å²) in [5.74, 6) is 0.394. The van der Waals surface area contributed by atoms with Crippen LogP contribution in [-0.4, -0.2) is 35.4 Å². The molecule has 5 heteroatoms. The highest BCUT2D eigenvalue weighted by atomic mass is 16.5. The molecule has 1 N–H and O–H groups in total. The summed E-state index contributed by atoms with van der Waals surface area (Å²) in [5.41, 5.74) is 5.36. The standard InChI is InChI=1S/C27H38N2O3/c1-8-21(6)28-27(31)24(9-2)29(16-23-12-10-11-18(3)14-23)26(30)17-32-25-15-19(4)13-20(5)22(25)7/h10-15,21,24H,8-9,16-17H2,1-7H3,(H,28,31). The van der Waals surface area contributed by atoms with Crippen LogP contribution >= 0.6 is 0 Å². The fourth-order valence-electron chi connectivity index (χ4n) is 3.74. The molecule has 32 heavy (non-hydrogen) atoms. The second-order valence-corrected chi connectivity index (χ2v) is 8.75. The van der Waals surface area contributed by atoms with Crippen LogP contribution in [0.3, 0.4) is 0 Å². The van der Waals surface area contributed by atoms with E-state index in [2.05, 4.69) is 17.4 Å². The minimum absolute atomic E-state index is 0.0571. The maximum atomic E-state index is 13.4. The molecule has 0 fully saturated rings. The molecule has 2 rings (SSSR count). The Hall–Kier alpha value is -2.82. The average molecular weight is 439 g/mol. The maximum Gasteiger partial charge on any atom is 0.261 e. The first-order valence-corrected chi connectivity index (χ1v) is 11.5. The van der Waals surface area contributed by atoms with Gasteiger partial charge >= 0.3 is 0 Å². The van der Waals surface area contributed by atoms with Crippen LogP contribution in [0, 0.1) is 27.7 Å². The number of carbonyl (C=O) groups is 2. The summed E-state index contributed by atoms with van der Waals surface area (Å²) in [6.07, 6.45) is 1.37. The van der Waals surface area contributed by atoms with E-state index in [9.17, 15) is 9.59 Å². The van der Waals surface area contributed by atoms with Crippen molar-refractivity contribution in [2.45, 2.75) is 79.9 Å². The first kappa shape index (κ1) is 25.4. The summed E-state index contributed by atoms with van der Waals surface area (Å²) in [6.45, 7) is 14.3. The Morgan fingerprint density at radius 2 is 1.72 bits per heavy atom. The molecule has 0 aliphatic carbocycles. The molecule has 0 aliphatic rings. The van der Waals surface area contributed by atoms with Gasteiger partial charge in [0.1, 0.15) is 11.8 Å². The van der Waals surface area contributed by atoms with E-state index in [1.165, 1.54) is 0 Å². The topological polar surface area (TPSA) is 58.6 Å². The molecule has 2 aromatic rings. The Morgan fingerprint density at radius 1 is 1.00 bits per heavy atom. The quantitative estimate of drug-likeness (QED) is 0.567. The normalized spacial score (nSPS) is 12.7. The predicted octanol–water partition coefficient (Wildman–Crippen LogP) is 5.02. The Balaban J connectivity index is 2.27. The van der Waals surface area contributed by atoms with Gasteiger partial charge in [-0.05, 0) is 75.8 Å². The van der Waals surface area contributed by atoms with Gasteiger partial charge in [0.2, 0.25) is 5.91 Å². The Morgan fingerprint density at radius 3 is 2.34 bits per heavy atom. The first-order valence-electron chi connectivity index (χ1n) is 11.5. The zero-order chi connectivity index (χ0) is 23.8. The molecule has 0 spiro atoms. The second kappa shape index (κ2) is 11.7. The van der Waals surface area contributed by atoms with Crippen molar-refractivity contribution >= 4 is 11.8 Å². The second-order valence-electron chi connectivity index (χ2n) is 8.75. The number of carbonyl (C=O) groups excluding carboxylic acids is 2. The third-order valence-corrected chi connectivity index (χ3v) is 5.94. The molecule has 0 saturated heterocycles. The average Bonchev–Trinajstić information content (AvgIpc) is 2.74. The van der Waals surface area contributed by atoms with Gasteiger partial charge in [0.25, 0.3) is 5.91 Å². The lowest BCUT2D eigenvalue weighted by molar-refractivity contribution is -0.143. The first-order chi connectivity index (χ1) is 15.2. The van der Waals surface area contributed by atoms with Crippen molar-refractivity contribution < 1.29 is 14.3 Å². The highest BCUT2D eigenvalue weighted by Gasteiger charge is 2.29. The molecule has 0 heterocycles. The molecule has 0 saturated carbocycles. The summed E-state index contributed by atoms with van der Waals surface area (Å²) in [4.78, 5) is 28.0. The summed E-state index contributed by atoms with van der Waals surface area (Å²) >= 11 is 0. The number of benzene rings is 2. The van der Waals surface area contributed by atoms with E-state index in [1.54, 1.807) is 4.90 Å². The number of hydrogen-bond donors (Lipinski definition) is 1. The van der Waals surface area contributed by atoms with E-state index in [0.717, 1.165) is 34.2 Å². The number of nitrogens with one attached hydrogen (secondary N) is 1. The van der Waals surface area contributed by atoms with Gasteiger partial charge < -0.3 is 15.0 Å². The highest BCUT2D eigenvalue weighted by molar-refractivity contribution is 5.88. The van der Waals surface area contributed by atoms with Gasteiger partial charge in [0, 0.05) is 12.6 Å². The zero-order valence-corrected chi connectivity index (χ0v) is 20.6. The number of amides is 2. The van der Waals surface area contributed by atoms with Crippen LogP contribution in [0.1, 0.15) is 61.4 Å². The van der Waals surface area contributed by atoms with Crippen LogP contribution in [0.2, 0.25) is 0 Å². The summed E-state index contributed by atoms with van der Waals surface area (Å²) in [7, 11) is 0. The molecule has 2 atom stereocenters. The largest absolute Gasteiger partial charge is 0.483 e. The minimum Gasteiger partial charge on any atom is -0.483 e. The minimum atomic E-state index is -0.555. The van der Waals surface area contributed by atoms with Crippen molar-refractivity contribution in [2.24, 2.45) is 0 Å². The van der Waals surface area contributed by atoms with Crippen LogP contribution in [0.5, 0.6) is 5.75 Å². The predicted molar refractivity (Wildman–Crippen MR) is 130 cm³/mol. The fourth-order valence-corrected chi connectivity index (χ4v) is 3.74. The van der Waals surface area contributed by atoms with Gasteiger partial charge in [-0.1, -0.05) is 49.7 Å². The SMILES string of the molecule is CCC(C)NC(=O)C(CC)N(Cc1cccc(C)c1)C(=O)COc1cc(C)cc(C)c1C. The van der Waals surface area contributed by atoms with E-state index in [0.29, 0.717) is 18.7 Å². The molecule has 0 aliphatic heterocycles. The van der Waals surface area contributed by atoms with Crippen molar-refractivity contribution in [1.82, 2.24) is 10.2 Å². The van der Waals surface area contributed by atoms with E-state index < -0.39 is 6.04 Å². The van der Waals surface area contributed by atoms with E-state index in [1.807, 2.05) is 72.7 Å². The van der Waals surface area contributed by atoms with Crippen LogP contribution in [0.25, 0.3) is 0 Å². The fraction of sp³-hybridized carbons (Fsp3) is 0.481. The van der Waals surface area contributed by atoms with Crippen LogP contribution < -0.4 is 10.1 Å². The molecule has 2 aromatic carbocycles. The Kier molecular flexibility index (Phi) is 9.30. The van der Waals surface area contributed by atoms with E-state index >= 15 is 0 Å². The maximum absolute atomic E-state index is 13.4. The third-order valence-electron chi connectivity index (χ3n) is 5.94.